The largest absolute Gasteiger partial charge is 0.508 e. The molecular formula is C25H38O3. The maximum atomic E-state index is 9.84. The van der Waals surface area contributed by atoms with Gasteiger partial charge in [0.2, 0.25) is 0 Å². The number of aromatic hydroxyl groups is 2. The van der Waals surface area contributed by atoms with Crippen molar-refractivity contribution in [2.24, 2.45) is 5.41 Å². The molecule has 2 aromatic carbocycles. The summed E-state index contributed by atoms with van der Waals surface area (Å²) in [6.45, 7) is 19.5. The molecular weight excluding hydrogens is 348 g/mol. The Hall–Kier alpha value is -2.29. The van der Waals surface area contributed by atoms with Crippen molar-refractivity contribution < 1.29 is 15.0 Å². The normalized spacial score (nSPS) is 11.6. The predicted molar refractivity (Wildman–Crippen MR) is 119 cm³/mol. The molecule has 2 rings (SSSR count). The molecule has 28 heavy (non-hydrogen) atoms. The number of rotatable bonds is 2. The van der Waals surface area contributed by atoms with Crippen LogP contribution in [-0.2, 0) is 15.6 Å². The van der Waals surface area contributed by atoms with Gasteiger partial charge in [0.25, 0.3) is 0 Å². The Balaban J connectivity index is 0.000000497. The molecule has 3 heteroatoms. The van der Waals surface area contributed by atoms with Crippen molar-refractivity contribution in [1.82, 2.24) is 0 Å². The van der Waals surface area contributed by atoms with Crippen LogP contribution in [0.15, 0.2) is 48.5 Å². The maximum absolute atomic E-state index is 9.84. The van der Waals surface area contributed by atoms with E-state index in [1.807, 2.05) is 37.1 Å². The number of carbonyl (C=O) groups excluding carboxylic acids is 1. The summed E-state index contributed by atoms with van der Waals surface area (Å²) in [5.74, 6) is 0.741. The van der Waals surface area contributed by atoms with E-state index in [0.717, 1.165) is 12.0 Å². The van der Waals surface area contributed by atoms with E-state index in [2.05, 4.69) is 55.4 Å². The van der Waals surface area contributed by atoms with Gasteiger partial charge in [-0.1, -0.05) is 85.7 Å². The Morgan fingerprint density at radius 1 is 0.750 bits per heavy atom. The van der Waals surface area contributed by atoms with Gasteiger partial charge in [-0.2, -0.15) is 0 Å². The monoisotopic (exact) mass is 386 g/mol. The summed E-state index contributed by atoms with van der Waals surface area (Å²) in [5, 5.41) is 18.9. The summed E-state index contributed by atoms with van der Waals surface area (Å²) in [6.07, 6.45) is 1.05. The first-order valence-electron chi connectivity index (χ1n) is 9.59. The van der Waals surface area contributed by atoms with Crippen LogP contribution in [0, 0.1) is 5.41 Å². The minimum Gasteiger partial charge on any atom is -0.508 e. The molecule has 0 saturated heterocycles. The number of phenols is 2. The molecule has 0 atom stereocenters. The fourth-order valence-corrected chi connectivity index (χ4v) is 3.43. The first-order chi connectivity index (χ1) is 12.7. The lowest BCUT2D eigenvalue weighted by Gasteiger charge is -2.33. The molecule has 0 aliphatic heterocycles. The lowest BCUT2D eigenvalue weighted by molar-refractivity contribution is -0.0980. The van der Waals surface area contributed by atoms with Gasteiger partial charge >= 0.3 is 0 Å². The van der Waals surface area contributed by atoms with Crippen LogP contribution >= 0.6 is 0 Å². The highest BCUT2D eigenvalue weighted by molar-refractivity contribution is 5.37. The first kappa shape index (κ1) is 25.7. The molecule has 0 aliphatic rings. The quantitative estimate of drug-likeness (QED) is 0.610. The van der Waals surface area contributed by atoms with Crippen LogP contribution in [0.3, 0.4) is 0 Å². The van der Waals surface area contributed by atoms with E-state index in [4.69, 9.17) is 9.90 Å². The van der Waals surface area contributed by atoms with Gasteiger partial charge in [0.15, 0.2) is 0 Å². The summed E-state index contributed by atoms with van der Waals surface area (Å²) in [5.41, 5.74) is 2.75. The van der Waals surface area contributed by atoms with E-state index in [-0.39, 0.29) is 16.2 Å². The molecule has 0 radical (unpaired) electrons. The number of carbonyl (C=O) groups is 1. The Morgan fingerprint density at radius 3 is 1.61 bits per heavy atom. The average molecular weight is 387 g/mol. The van der Waals surface area contributed by atoms with E-state index < -0.39 is 0 Å². The van der Waals surface area contributed by atoms with Crippen molar-refractivity contribution >= 4 is 6.79 Å². The van der Waals surface area contributed by atoms with E-state index >= 15 is 0 Å². The fourth-order valence-electron chi connectivity index (χ4n) is 3.43. The molecule has 0 bridgehead atoms. The predicted octanol–water partition coefficient (Wildman–Crippen LogP) is 6.61. The number of hydrogen-bond donors (Lipinski definition) is 2. The topological polar surface area (TPSA) is 57.5 Å². The molecule has 0 aliphatic carbocycles. The van der Waals surface area contributed by atoms with E-state index in [1.165, 1.54) is 5.56 Å². The second-order valence-electron chi connectivity index (χ2n) is 9.94. The van der Waals surface area contributed by atoms with E-state index in [0.29, 0.717) is 11.5 Å². The molecule has 2 aromatic rings. The van der Waals surface area contributed by atoms with E-state index in [9.17, 15) is 5.11 Å². The standard InChI is InChI=1S/C14H22O.C10H14O.CH2O/c1-13(2,3)10-14(4,5)11-8-6-7-9-12(11)15;1-10(2,3)8-4-6-9(11)7-5-8;1-2/h6-9,15H,10H2,1-5H3;4-7,11H,1-3H3;1H2. The van der Waals surface area contributed by atoms with Crippen molar-refractivity contribution in [3.05, 3.63) is 59.7 Å². The minimum atomic E-state index is 0.0175. The summed E-state index contributed by atoms with van der Waals surface area (Å²) in [7, 11) is 0. The van der Waals surface area contributed by atoms with Crippen molar-refractivity contribution in [3.63, 3.8) is 0 Å². The maximum Gasteiger partial charge on any atom is 0.119 e. The van der Waals surface area contributed by atoms with Gasteiger partial charge in [-0.25, -0.2) is 0 Å². The Labute approximate surface area is 171 Å². The van der Waals surface area contributed by atoms with Crippen LogP contribution in [0.1, 0.15) is 72.9 Å². The molecule has 0 spiro atoms. The van der Waals surface area contributed by atoms with Gasteiger partial charge in [0.05, 0.1) is 0 Å². The van der Waals surface area contributed by atoms with Crippen LogP contribution in [0.5, 0.6) is 11.5 Å². The van der Waals surface area contributed by atoms with E-state index in [1.54, 1.807) is 18.2 Å². The number of benzene rings is 2. The zero-order chi connectivity index (χ0) is 22.2. The van der Waals surface area contributed by atoms with Crippen molar-refractivity contribution in [2.45, 2.75) is 72.6 Å². The molecule has 0 heterocycles. The third kappa shape index (κ3) is 9.07. The number of phenolic OH excluding ortho intramolecular Hbond substituents is 2. The average Bonchev–Trinajstić information content (AvgIpc) is 2.55. The molecule has 0 unspecified atom stereocenters. The van der Waals surface area contributed by atoms with Crippen LogP contribution in [0.2, 0.25) is 0 Å². The highest BCUT2D eigenvalue weighted by atomic mass is 16.3. The van der Waals surface area contributed by atoms with Crippen molar-refractivity contribution in [1.29, 1.82) is 0 Å². The third-order valence-electron chi connectivity index (χ3n) is 4.34. The van der Waals surface area contributed by atoms with Crippen molar-refractivity contribution in [2.75, 3.05) is 0 Å². The van der Waals surface area contributed by atoms with Crippen molar-refractivity contribution in [3.8, 4) is 11.5 Å². The SMILES string of the molecule is C=O.CC(C)(C)CC(C)(C)c1ccccc1O.CC(C)(C)c1ccc(O)cc1. The smallest absolute Gasteiger partial charge is 0.119 e. The van der Waals surface area contributed by atoms with Gasteiger partial charge in [0.1, 0.15) is 18.3 Å². The highest BCUT2D eigenvalue weighted by Gasteiger charge is 2.28. The summed E-state index contributed by atoms with van der Waals surface area (Å²) >= 11 is 0. The summed E-state index contributed by atoms with van der Waals surface area (Å²) in [4.78, 5) is 8.00. The van der Waals surface area contributed by atoms with Gasteiger partial charge in [0, 0.05) is 0 Å². The second-order valence-corrected chi connectivity index (χ2v) is 9.94. The molecule has 156 valence electrons. The van der Waals surface area contributed by atoms with Gasteiger partial charge in [-0.05, 0) is 52.0 Å². The number of hydrogen-bond acceptors (Lipinski definition) is 3. The lowest BCUT2D eigenvalue weighted by Crippen LogP contribution is -2.24. The Kier molecular flexibility index (Phi) is 9.46. The summed E-state index contributed by atoms with van der Waals surface area (Å²) in [6, 6.07) is 15.0. The van der Waals surface area contributed by atoms with Crippen LogP contribution in [-0.4, -0.2) is 17.0 Å². The van der Waals surface area contributed by atoms with Crippen LogP contribution in [0.4, 0.5) is 0 Å². The number of para-hydroxylation sites is 1. The van der Waals surface area contributed by atoms with Gasteiger partial charge in [-0.15, -0.1) is 0 Å². The van der Waals surface area contributed by atoms with Crippen LogP contribution in [0.25, 0.3) is 0 Å². The molecule has 0 amide bonds. The minimum absolute atomic E-state index is 0.0175. The third-order valence-corrected chi connectivity index (χ3v) is 4.34. The summed E-state index contributed by atoms with van der Waals surface area (Å²) < 4.78 is 0. The molecule has 2 N–H and O–H groups in total. The molecule has 0 aromatic heterocycles. The molecule has 0 fully saturated rings. The first-order valence-corrected chi connectivity index (χ1v) is 9.59. The Morgan fingerprint density at radius 2 is 1.21 bits per heavy atom. The molecule has 0 saturated carbocycles. The Bertz CT molecular complexity index is 702. The van der Waals surface area contributed by atoms with Gasteiger partial charge in [-0.3, -0.25) is 0 Å². The highest BCUT2D eigenvalue weighted by Crippen LogP contribution is 2.39. The molecule has 3 nitrogen and oxygen atoms in total. The zero-order valence-corrected chi connectivity index (χ0v) is 18.8. The zero-order valence-electron chi connectivity index (χ0n) is 18.8. The fraction of sp³-hybridized carbons (Fsp3) is 0.480. The lowest BCUT2D eigenvalue weighted by atomic mass is 9.72. The van der Waals surface area contributed by atoms with Crippen LogP contribution < -0.4 is 0 Å². The second kappa shape index (κ2) is 10.3. The van der Waals surface area contributed by atoms with Gasteiger partial charge < -0.3 is 15.0 Å².